The lowest BCUT2D eigenvalue weighted by molar-refractivity contribution is 0.458. The van der Waals surface area contributed by atoms with Gasteiger partial charge in [0.05, 0.1) is 6.54 Å². The van der Waals surface area contributed by atoms with E-state index in [9.17, 15) is 0 Å². The molecule has 1 aromatic heterocycles. The summed E-state index contributed by atoms with van der Waals surface area (Å²) in [6.07, 6.45) is 0. The molecule has 102 valence electrons. The molecule has 1 aromatic carbocycles. The monoisotopic (exact) mass is 324 g/mol. The number of anilines is 1. The zero-order valence-electron chi connectivity index (χ0n) is 11.0. The maximum Gasteiger partial charge on any atom is 0.315 e. The van der Waals surface area contributed by atoms with Crippen LogP contribution in [0.2, 0.25) is 0 Å². The van der Waals surface area contributed by atoms with Gasteiger partial charge in [-0.05, 0) is 11.6 Å². The van der Waals surface area contributed by atoms with Gasteiger partial charge in [0.15, 0.2) is 0 Å². The van der Waals surface area contributed by atoms with Crippen LogP contribution in [-0.4, -0.2) is 16.2 Å². The minimum absolute atomic E-state index is 0.392. The zero-order valence-corrected chi connectivity index (χ0v) is 12.6. The summed E-state index contributed by atoms with van der Waals surface area (Å²) in [6, 6.07) is 8.85. The Kier molecular flexibility index (Phi) is 4.93. The Balaban J connectivity index is 1.88. The molecule has 0 aliphatic carbocycles. The second-order valence-electron chi connectivity index (χ2n) is 4.48. The number of nitrogens with one attached hydrogen (secondary N) is 2. The first-order chi connectivity index (χ1) is 9.15. The van der Waals surface area contributed by atoms with Gasteiger partial charge in [-0.25, -0.2) is 0 Å². The molecule has 2 aromatic rings. The standard InChI is InChI=1S/C13H17BrN4O/c1-9(2)15-8-12-17-18-13(19-12)16-7-10-5-3-4-6-11(10)14/h3-6,9,15H,7-8H2,1-2H3,(H,16,18). The van der Waals surface area contributed by atoms with E-state index in [1.54, 1.807) is 0 Å². The Morgan fingerprint density at radius 2 is 2.00 bits per heavy atom. The molecular formula is C13H17BrN4O. The van der Waals surface area contributed by atoms with Gasteiger partial charge in [0.2, 0.25) is 5.89 Å². The summed E-state index contributed by atoms with van der Waals surface area (Å²) in [5, 5.41) is 14.3. The van der Waals surface area contributed by atoms with Gasteiger partial charge in [0.25, 0.3) is 0 Å². The van der Waals surface area contributed by atoms with Gasteiger partial charge in [-0.15, -0.1) is 5.10 Å². The summed E-state index contributed by atoms with van der Waals surface area (Å²) in [5.41, 5.74) is 1.14. The number of aromatic nitrogens is 2. The van der Waals surface area contributed by atoms with E-state index in [4.69, 9.17) is 4.42 Å². The fourth-order valence-electron chi connectivity index (χ4n) is 1.50. The highest BCUT2D eigenvalue weighted by Gasteiger charge is 2.06. The summed E-state index contributed by atoms with van der Waals surface area (Å²) in [5.74, 6) is 0.586. The number of nitrogens with zero attached hydrogens (tertiary/aromatic N) is 2. The Bertz CT molecular complexity index is 527. The van der Waals surface area contributed by atoms with Crippen LogP contribution < -0.4 is 10.6 Å². The Hall–Kier alpha value is -1.40. The molecule has 0 saturated carbocycles. The average Bonchev–Trinajstić information content (AvgIpc) is 2.83. The van der Waals surface area contributed by atoms with Gasteiger partial charge < -0.3 is 15.1 Å². The number of hydrogen-bond acceptors (Lipinski definition) is 5. The van der Waals surface area contributed by atoms with Crippen molar-refractivity contribution in [3.63, 3.8) is 0 Å². The number of halogens is 1. The van der Waals surface area contributed by atoms with Crippen LogP contribution in [0.1, 0.15) is 25.3 Å². The highest BCUT2D eigenvalue weighted by molar-refractivity contribution is 9.10. The van der Waals surface area contributed by atoms with E-state index in [0.29, 0.717) is 31.0 Å². The van der Waals surface area contributed by atoms with Crippen LogP contribution in [0.15, 0.2) is 33.2 Å². The predicted molar refractivity (Wildman–Crippen MR) is 77.7 cm³/mol. The lowest BCUT2D eigenvalue weighted by atomic mass is 10.2. The molecule has 0 amide bonds. The third kappa shape index (κ3) is 4.33. The highest BCUT2D eigenvalue weighted by atomic mass is 79.9. The van der Waals surface area contributed by atoms with Crippen molar-refractivity contribution in [1.82, 2.24) is 15.5 Å². The van der Waals surface area contributed by atoms with E-state index >= 15 is 0 Å². The molecule has 0 radical (unpaired) electrons. The van der Waals surface area contributed by atoms with Crippen LogP contribution in [0.25, 0.3) is 0 Å². The van der Waals surface area contributed by atoms with Gasteiger partial charge in [0.1, 0.15) is 0 Å². The van der Waals surface area contributed by atoms with Gasteiger partial charge in [-0.2, -0.15) is 0 Å². The molecular weight excluding hydrogens is 308 g/mol. The van der Waals surface area contributed by atoms with Crippen molar-refractivity contribution >= 4 is 21.9 Å². The van der Waals surface area contributed by atoms with Crippen molar-refractivity contribution in [3.05, 3.63) is 40.2 Å². The summed E-state index contributed by atoms with van der Waals surface area (Å²) < 4.78 is 6.54. The number of rotatable bonds is 6. The minimum Gasteiger partial charge on any atom is -0.407 e. The molecule has 5 nitrogen and oxygen atoms in total. The largest absolute Gasteiger partial charge is 0.407 e. The first kappa shape index (κ1) is 14.0. The summed E-state index contributed by atoms with van der Waals surface area (Å²) in [4.78, 5) is 0. The molecule has 19 heavy (non-hydrogen) atoms. The second-order valence-corrected chi connectivity index (χ2v) is 5.34. The van der Waals surface area contributed by atoms with Crippen molar-refractivity contribution in [2.24, 2.45) is 0 Å². The molecule has 0 unspecified atom stereocenters. The molecule has 0 aliphatic rings. The molecule has 2 rings (SSSR count). The quantitative estimate of drug-likeness (QED) is 0.855. The molecule has 1 heterocycles. The van der Waals surface area contributed by atoms with E-state index in [-0.39, 0.29) is 0 Å². The molecule has 0 atom stereocenters. The fraction of sp³-hybridized carbons (Fsp3) is 0.385. The minimum atomic E-state index is 0.392. The molecule has 0 spiro atoms. The zero-order chi connectivity index (χ0) is 13.7. The van der Waals surface area contributed by atoms with Crippen molar-refractivity contribution < 1.29 is 4.42 Å². The maximum absolute atomic E-state index is 5.48. The molecule has 0 bridgehead atoms. The van der Waals surface area contributed by atoms with Crippen LogP contribution in [-0.2, 0) is 13.1 Å². The number of benzene rings is 1. The first-order valence-electron chi connectivity index (χ1n) is 6.18. The van der Waals surface area contributed by atoms with Gasteiger partial charge in [-0.1, -0.05) is 53.1 Å². The Labute approximate surface area is 120 Å². The van der Waals surface area contributed by atoms with Crippen LogP contribution >= 0.6 is 15.9 Å². The summed E-state index contributed by atoms with van der Waals surface area (Å²) >= 11 is 3.50. The topological polar surface area (TPSA) is 63.0 Å². The molecule has 0 saturated heterocycles. The SMILES string of the molecule is CC(C)NCc1nnc(NCc2ccccc2Br)o1. The molecule has 6 heteroatoms. The van der Waals surface area contributed by atoms with Gasteiger partial charge in [-0.3, -0.25) is 0 Å². The van der Waals surface area contributed by atoms with E-state index in [0.717, 1.165) is 10.0 Å². The van der Waals surface area contributed by atoms with Gasteiger partial charge >= 0.3 is 6.01 Å². The summed E-state index contributed by atoms with van der Waals surface area (Å²) in [6.45, 7) is 5.37. The summed E-state index contributed by atoms with van der Waals surface area (Å²) in [7, 11) is 0. The van der Waals surface area contributed by atoms with E-state index in [2.05, 4.69) is 50.6 Å². The second kappa shape index (κ2) is 6.68. The van der Waals surface area contributed by atoms with Crippen LogP contribution in [0.4, 0.5) is 6.01 Å². The lowest BCUT2D eigenvalue weighted by Crippen LogP contribution is -2.21. The van der Waals surface area contributed by atoms with E-state index in [1.165, 1.54) is 0 Å². The Morgan fingerprint density at radius 3 is 2.74 bits per heavy atom. The van der Waals surface area contributed by atoms with E-state index in [1.807, 2.05) is 24.3 Å². The molecule has 2 N–H and O–H groups in total. The van der Waals surface area contributed by atoms with Crippen molar-refractivity contribution in [2.75, 3.05) is 5.32 Å². The molecule has 0 aliphatic heterocycles. The van der Waals surface area contributed by atoms with Crippen molar-refractivity contribution in [3.8, 4) is 0 Å². The predicted octanol–water partition coefficient (Wildman–Crippen LogP) is 2.94. The van der Waals surface area contributed by atoms with Crippen molar-refractivity contribution in [2.45, 2.75) is 33.0 Å². The number of hydrogen-bond donors (Lipinski definition) is 2. The van der Waals surface area contributed by atoms with Crippen LogP contribution in [0.5, 0.6) is 0 Å². The molecule has 0 fully saturated rings. The van der Waals surface area contributed by atoms with Gasteiger partial charge in [0, 0.05) is 17.1 Å². The van der Waals surface area contributed by atoms with Crippen molar-refractivity contribution in [1.29, 1.82) is 0 Å². The fourth-order valence-corrected chi connectivity index (χ4v) is 1.93. The first-order valence-corrected chi connectivity index (χ1v) is 6.97. The van der Waals surface area contributed by atoms with E-state index < -0.39 is 0 Å². The third-order valence-corrected chi connectivity index (χ3v) is 3.29. The Morgan fingerprint density at radius 1 is 1.21 bits per heavy atom. The van der Waals surface area contributed by atoms with Crippen LogP contribution in [0, 0.1) is 0 Å². The third-order valence-electron chi connectivity index (χ3n) is 2.52. The lowest BCUT2D eigenvalue weighted by Gasteiger charge is -2.04. The normalized spacial score (nSPS) is 10.9. The smallest absolute Gasteiger partial charge is 0.315 e. The highest BCUT2D eigenvalue weighted by Crippen LogP contribution is 2.17. The average molecular weight is 325 g/mol. The maximum atomic E-state index is 5.48. The van der Waals surface area contributed by atoms with Crippen LogP contribution in [0.3, 0.4) is 0 Å².